The first-order valence-electron chi connectivity index (χ1n) is 6.62. The molecular weight excluding hydrogens is 316 g/mol. The Kier molecular flexibility index (Phi) is 5.15. The molecule has 0 bridgehead atoms. The second kappa shape index (κ2) is 6.86. The molecule has 0 spiro atoms. The normalized spacial score (nSPS) is 13.8. The van der Waals surface area contributed by atoms with Crippen LogP contribution in [0.25, 0.3) is 0 Å². The average molecular weight is 335 g/mol. The average Bonchev–Trinajstić information content (AvgIpc) is 2.48. The van der Waals surface area contributed by atoms with Crippen molar-refractivity contribution in [2.45, 2.75) is 25.9 Å². The van der Waals surface area contributed by atoms with Gasteiger partial charge in [-0.2, -0.15) is 0 Å². The maximum absolute atomic E-state index is 5.25. The van der Waals surface area contributed by atoms with Crippen LogP contribution in [0, 0.1) is 0 Å². The Bertz CT molecular complexity index is 560. The van der Waals surface area contributed by atoms with Crippen LogP contribution in [-0.2, 0) is 0 Å². The Morgan fingerprint density at radius 1 is 1.15 bits per heavy atom. The van der Waals surface area contributed by atoms with Crippen molar-refractivity contribution in [2.24, 2.45) is 0 Å². The molecule has 106 valence electrons. The number of nitrogens with zero attached hydrogens (tertiary/aromatic N) is 1. The van der Waals surface area contributed by atoms with Crippen molar-refractivity contribution in [3.8, 4) is 5.75 Å². The minimum Gasteiger partial charge on any atom is -0.496 e. The van der Waals surface area contributed by atoms with Crippen LogP contribution in [0.3, 0.4) is 0 Å². The van der Waals surface area contributed by atoms with Gasteiger partial charge in [-0.15, -0.1) is 0 Å². The lowest BCUT2D eigenvalue weighted by molar-refractivity contribution is 0.411. The number of ether oxygens (including phenoxy) is 1. The molecule has 20 heavy (non-hydrogen) atoms. The molecule has 2 aromatic rings. The van der Waals surface area contributed by atoms with E-state index in [-0.39, 0.29) is 12.1 Å². The van der Waals surface area contributed by atoms with Crippen LogP contribution >= 0.6 is 15.9 Å². The fraction of sp³-hybridized carbons (Fsp3) is 0.312. The molecule has 0 aliphatic heterocycles. The van der Waals surface area contributed by atoms with Crippen LogP contribution in [0.15, 0.2) is 47.1 Å². The predicted molar refractivity (Wildman–Crippen MR) is 84.9 cm³/mol. The van der Waals surface area contributed by atoms with E-state index >= 15 is 0 Å². The molecule has 3 nitrogen and oxygen atoms in total. The lowest BCUT2D eigenvalue weighted by atomic mass is 10.1. The van der Waals surface area contributed by atoms with E-state index in [1.54, 1.807) is 7.11 Å². The second-order valence-corrected chi connectivity index (χ2v) is 5.61. The van der Waals surface area contributed by atoms with Crippen molar-refractivity contribution in [1.29, 1.82) is 0 Å². The van der Waals surface area contributed by atoms with Gasteiger partial charge in [-0.1, -0.05) is 12.1 Å². The van der Waals surface area contributed by atoms with Crippen LogP contribution in [0.4, 0.5) is 0 Å². The molecule has 2 rings (SSSR count). The van der Waals surface area contributed by atoms with Crippen molar-refractivity contribution >= 4 is 15.9 Å². The first-order chi connectivity index (χ1) is 9.61. The zero-order valence-corrected chi connectivity index (χ0v) is 13.5. The monoisotopic (exact) mass is 334 g/mol. The van der Waals surface area contributed by atoms with Gasteiger partial charge in [0.15, 0.2) is 0 Å². The van der Waals surface area contributed by atoms with E-state index in [0.717, 1.165) is 15.9 Å². The Morgan fingerprint density at radius 2 is 1.95 bits per heavy atom. The van der Waals surface area contributed by atoms with Crippen molar-refractivity contribution in [3.05, 3.63) is 58.3 Å². The number of methoxy groups -OCH3 is 1. The number of halogens is 1. The van der Waals surface area contributed by atoms with Crippen molar-refractivity contribution < 1.29 is 4.74 Å². The van der Waals surface area contributed by atoms with Crippen LogP contribution < -0.4 is 10.1 Å². The molecule has 0 aliphatic carbocycles. The van der Waals surface area contributed by atoms with Gasteiger partial charge in [0.05, 0.1) is 17.3 Å². The summed E-state index contributed by atoms with van der Waals surface area (Å²) in [5.41, 5.74) is 2.26. The van der Waals surface area contributed by atoms with Gasteiger partial charge < -0.3 is 10.1 Å². The molecule has 0 saturated carbocycles. The minimum absolute atomic E-state index is 0.201. The maximum Gasteiger partial charge on any atom is 0.133 e. The van der Waals surface area contributed by atoms with Crippen LogP contribution in [-0.4, -0.2) is 12.1 Å². The molecule has 1 heterocycles. The van der Waals surface area contributed by atoms with E-state index < -0.39 is 0 Å². The first-order valence-corrected chi connectivity index (χ1v) is 7.41. The van der Waals surface area contributed by atoms with Crippen LogP contribution in [0.5, 0.6) is 5.75 Å². The van der Waals surface area contributed by atoms with Gasteiger partial charge in [-0.05, 0) is 59.6 Å². The molecule has 0 radical (unpaired) electrons. The first kappa shape index (κ1) is 15.0. The Balaban J connectivity index is 2.08. The number of hydrogen-bond acceptors (Lipinski definition) is 3. The number of benzene rings is 1. The van der Waals surface area contributed by atoms with Crippen molar-refractivity contribution in [3.63, 3.8) is 0 Å². The fourth-order valence-corrected chi connectivity index (χ4v) is 2.70. The van der Waals surface area contributed by atoms with Gasteiger partial charge in [-0.25, -0.2) is 0 Å². The van der Waals surface area contributed by atoms with E-state index in [9.17, 15) is 0 Å². The largest absolute Gasteiger partial charge is 0.496 e. The molecule has 0 fully saturated rings. The third-order valence-electron chi connectivity index (χ3n) is 3.31. The molecule has 2 atom stereocenters. The summed E-state index contributed by atoms with van der Waals surface area (Å²) >= 11 is 3.52. The second-order valence-electron chi connectivity index (χ2n) is 4.76. The van der Waals surface area contributed by atoms with Gasteiger partial charge in [0, 0.05) is 18.3 Å². The molecule has 0 saturated heterocycles. The standard InChI is InChI=1S/C16H19BrN2O/c1-11(13-7-8-16(20-3)14(17)10-13)19-12(2)15-6-4-5-9-18-15/h4-12,19H,1-3H3/t11?,12-/m0/s1. The molecule has 1 aromatic heterocycles. The SMILES string of the molecule is COc1ccc(C(C)N[C@@H](C)c2ccccn2)cc1Br. The number of nitrogens with one attached hydrogen (secondary N) is 1. The highest BCUT2D eigenvalue weighted by molar-refractivity contribution is 9.10. The van der Waals surface area contributed by atoms with Crippen molar-refractivity contribution in [1.82, 2.24) is 10.3 Å². The third kappa shape index (κ3) is 3.58. The van der Waals surface area contributed by atoms with Gasteiger partial charge in [0.2, 0.25) is 0 Å². The minimum atomic E-state index is 0.201. The molecule has 4 heteroatoms. The lowest BCUT2D eigenvalue weighted by Gasteiger charge is -2.20. The predicted octanol–water partition coefficient (Wildman–Crippen LogP) is 4.26. The highest BCUT2D eigenvalue weighted by atomic mass is 79.9. The van der Waals surface area contributed by atoms with E-state index in [1.807, 2.05) is 30.5 Å². The fourth-order valence-electron chi connectivity index (χ4n) is 2.14. The van der Waals surface area contributed by atoms with E-state index in [2.05, 4.69) is 52.2 Å². The van der Waals surface area contributed by atoms with Crippen molar-refractivity contribution in [2.75, 3.05) is 7.11 Å². The topological polar surface area (TPSA) is 34.1 Å². The molecule has 0 amide bonds. The molecular formula is C16H19BrN2O. The summed E-state index contributed by atoms with van der Waals surface area (Å²) in [6.07, 6.45) is 1.82. The van der Waals surface area contributed by atoms with Gasteiger partial charge >= 0.3 is 0 Å². The summed E-state index contributed by atoms with van der Waals surface area (Å²) in [6, 6.07) is 12.5. The highest BCUT2D eigenvalue weighted by Gasteiger charge is 2.13. The molecule has 0 aliphatic rings. The number of aromatic nitrogens is 1. The third-order valence-corrected chi connectivity index (χ3v) is 3.93. The van der Waals surface area contributed by atoms with E-state index in [1.165, 1.54) is 5.56 Å². The highest BCUT2D eigenvalue weighted by Crippen LogP contribution is 2.28. The summed E-state index contributed by atoms with van der Waals surface area (Å²) in [4.78, 5) is 4.38. The number of rotatable bonds is 5. The summed E-state index contributed by atoms with van der Waals surface area (Å²) in [5, 5.41) is 3.55. The maximum atomic E-state index is 5.25. The number of pyridine rings is 1. The Hall–Kier alpha value is -1.39. The van der Waals surface area contributed by atoms with E-state index in [0.29, 0.717) is 0 Å². The summed E-state index contributed by atoms with van der Waals surface area (Å²) < 4.78 is 6.22. The van der Waals surface area contributed by atoms with Gasteiger partial charge in [-0.3, -0.25) is 4.98 Å². The van der Waals surface area contributed by atoms with Gasteiger partial charge in [0.25, 0.3) is 0 Å². The zero-order valence-electron chi connectivity index (χ0n) is 11.9. The zero-order chi connectivity index (χ0) is 14.5. The van der Waals surface area contributed by atoms with Crippen LogP contribution in [0.1, 0.15) is 37.2 Å². The van der Waals surface area contributed by atoms with E-state index in [4.69, 9.17) is 4.74 Å². The van der Waals surface area contributed by atoms with Crippen LogP contribution in [0.2, 0.25) is 0 Å². The summed E-state index contributed by atoms with van der Waals surface area (Å²) in [7, 11) is 1.67. The smallest absolute Gasteiger partial charge is 0.133 e. The summed E-state index contributed by atoms with van der Waals surface area (Å²) in [5.74, 6) is 0.846. The quantitative estimate of drug-likeness (QED) is 0.886. The Labute approximate surface area is 128 Å². The van der Waals surface area contributed by atoms with Gasteiger partial charge in [0.1, 0.15) is 5.75 Å². The lowest BCUT2D eigenvalue weighted by Crippen LogP contribution is -2.23. The molecule has 1 aromatic carbocycles. The molecule has 1 N–H and O–H groups in total. The summed E-state index contributed by atoms with van der Waals surface area (Å²) in [6.45, 7) is 4.27. The molecule has 1 unspecified atom stereocenters. The Morgan fingerprint density at radius 3 is 2.55 bits per heavy atom. The number of hydrogen-bond donors (Lipinski definition) is 1.